The highest BCUT2D eigenvalue weighted by atomic mass is 16.5. The molecule has 1 amide bonds. The quantitative estimate of drug-likeness (QED) is 0.829. The molecular formula is C19H23N3O2. The molecule has 1 aromatic carbocycles. The number of nitrogens with zero attached hydrogens (tertiary/aromatic N) is 2. The number of carbonyl (C=O) groups is 1. The minimum Gasteiger partial charge on any atom is -0.385 e. The molecule has 1 aliphatic heterocycles. The first-order chi connectivity index (χ1) is 11.8. The van der Waals surface area contributed by atoms with E-state index in [2.05, 4.69) is 39.5 Å². The predicted octanol–water partition coefficient (Wildman–Crippen LogP) is 2.41. The molecular weight excluding hydrogens is 302 g/mol. The van der Waals surface area contributed by atoms with Crippen LogP contribution in [0.15, 0.2) is 42.7 Å². The van der Waals surface area contributed by atoms with Crippen LogP contribution in [0.5, 0.6) is 0 Å². The number of aromatic nitrogens is 1. The zero-order chi connectivity index (χ0) is 16.8. The first kappa shape index (κ1) is 16.5. The summed E-state index contributed by atoms with van der Waals surface area (Å²) in [6.07, 6.45) is 5.27. The summed E-state index contributed by atoms with van der Waals surface area (Å²) in [6, 6.07) is 10.4. The van der Waals surface area contributed by atoms with Crippen molar-refractivity contribution in [2.24, 2.45) is 0 Å². The zero-order valence-electron chi connectivity index (χ0n) is 14.0. The van der Waals surface area contributed by atoms with Crippen molar-refractivity contribution in [2.75, 3.05) is 31.7 Å². The third kappa shape index (κ3) is 3.92. The van der Waals surface area contributed by atoms with Gasteiger partial charge in [-0.1, -0.05) is 24.3 Å². The lowest BCUT2D eigenvalue weighted by Gasteiger charge is -2.30. The topological polar surface area (TPSA) is 54.5 Å². The summed E-state index contributed by atoms with van der Waals surface area (Å²) in [6.45, 7) is 3.05. The molecule has 5 nitrogen and oxygen atoms in total. The van der Waals surface area contributed by atoms with Gasteiger partial charge in [-0.05, 0) is 30.0 Å². The van der Waals surface area contributed by atoms with Crippen molar-refractivity contribution >= 4 is 11.6 Å². The number of anilines is 1. The Bertz CT molecular complexity index is 703. The number of methoxy groups -OCH3 is 1. The molecule has 0 unspecified atom stereocenters. The maximum absolute atomic E-state index is 12.2. The van der Waals surface area contributed by atoms with E-state index in [9.17, 15) is 4.79 Å². The molecule has 2 aromatic rings. The summed E-state index contributed by atoms with van der Waals surface area (Å²) in [5.41, 5.74) is 4.35. The Morgan fingerprint density at radius 3 is 2.96 bits per heavy atom. The number of carbonyl (C=O) groups excluding carboxylic acids is 1. The summed E-state index contributed by atoms with van der Waals surface area (Å²) in [5, 5.41) is 2.90. The Hall–Kier alpha value is -2.40. The third-order valence-corrected chi connectivity index (χ3v) is 4.29. The second-order valence-electron chi connectivity index (χ2n) is 5.97. The van der Waals surface area contributed by atoms with Gasteiger partial charge in [0.2, 0.25) is 0 Å². The molecule has 24 heavy (non-hydrogen) atoms. The Balaban J connectivity index is 1.66. The number of pyridine rings is 1. The monoisotopic (exact) mass is 325 g/mol. The van der Waals surface area contributed by atoms with Crippen LogP contribution in [0, 0.1) is 0 Å². The first-order valence-electron chi connectivity index (χ1n) is 8.32. The van der Waals surface area contributed by atoms with E-state index in [1.165, 1.54) is 11.1 Å². The van der Waals surface area contributed by atoms with E-state index in [1.807, 2.05) is 12.3 Å². The molecule has 0 spiro atoms. The molecule has 0 saturated carbocycles. The number of nitrogens with one attached hydrogen (secondary N) is 1. The van der Waals surface area contributed by atoms with Crippen molar-refractivity contribution in [3.63, 3.8) is 0 Å². The molecule has 5 heteroatoms. The van der Waals surface area contributed by atoms with Crippen LogP contribution in [0.4, 0.5) is 5.69 Å². The number of ether oxygens (including phenoxy) is 1. The first-order valence-corrected chi connectivity index (χ1v) is 8.32. The lowest BCUT2D eigenvalue weighted by atomic mass is 9.99. The Labute approximate surface area is 142 Å². The van der Waals surface area contributed by atoms with Crippen LogP contribution in [0.2, 0.25) is 0 Å². The van der Waals surface area contributed by atoms with Crippen molar-refractivity contribution in [3.8, 4) is 0 Å². The number of fused-ring (bicyclic) bond motifs is 1. The van der Waals surface area contributed by atoms with E-state index in [4.69, 9.17) is 4.74 Å². The van der Waals surface area contributed by atoms with Crippen molar-refractivity contribution in [3.05, 3.63) is 59.4 Å². The van der Waals surface area contributed by atoms with Crippen LogP contribution in [0.3, 0.4) is 0 Å². The highest BCUT2D eigenvalue weighted by Crippen LogP contribution is 2.24. The average molecular weight is 325 g/mol. The molecule has 0 atom stereocenters. The van der Waals surface area contributed by atoms with Gasteiger partial charge in [0.15, 0.2) is 0 Å². The lowest BCUT2D eigenvalue weighted by molar-refractivity contribution is 0.0948. The van der Waals surface area contributed by atoms with E-state index in [1.54, 1.807) is 13.3 Å². The van der Waals surface area contributed by atoms with Crippen LogP contribution in [-0.2, 0) is 17.7 Å². The van der Waals surface area contributed by atoms with Crippen molar-refractivity contribution in [1.82, 2.24) is 10.3 Å². The van der Waals surface area contributed by atoms with Gasteiger partial charge in [0.25, 0.3) is 5.91 Å². The molecule has 0 aliphatic carbocycles. The maximum atomic E-state index is 12.2. The van der Waals surface area contributed by atoms with Crippen LogP contribution < -0.4 is 10.2 Å². The van der Waals surface area contributed by atoms with Gasteiger partial charge in [-0.25, -0.2) is 0 Å². The zero-order valence-corrected chi connectivity index (χ0v) is 14.0. The summed E-state index contributed by atoms with van der Waals surface area (Å²) < 4.78 is 4.99. The molecule has 0 radical (unpaired) electrons. The molecule has 2 heterocycles. The van der Waals surface area contributed by atoms with E-state index in [0.29, 0.717) is 18.7 Å². The standard InChI is InChI=1S/C19H23N3O2/c1-24-10-4-8-21-19(23)17-11-18(13-20-12-17)22-9-7-15-5-2-3-6-16(15)14-22/h2-3,5-6,11-13H,4,7-10,14H2,1H3,(H,21,23). The Morgan fingerprint density at radius 2 is 2.12 bits per heavy atom. The van der Waals surface area contributed by atoms with Gasteiger partial charge in [0.05, 0.1) is 17.4 Å². The number of benzene rings is 1. The van der Waals surface area contributed by atoms with Gasteiger partial charge in [-0.15, -0.1) is 0 Å². The van der Waals surface area contributed by atoms with Gasteiger partial charge >= 0.3 is 0 Å². The minimum atomic E-state index is -0.0853. The number of rotatable bonds is 6. The molecule has 1 N–H and O–H groups in total. The van der Waals surface area contributed by atoms with E-state index < -0.39 is 0 Å². The normalized spacial score (nSPS) is 13.5. The van der Waals surface area contributed by atoms with Gasteiger partial charge in [-0.3, -0.25) is 9.78 Å². The predicted molar refractivity (Wildman–Crippen MR) is 94.3 cm³/mol. The molecule has 1 aromatic heterocycles. The molecule has 3 rings (SSSR count). The summed E-state index contributed by atoms with van der Waals surface area (Å²) >= 11 is 0. The molecule has 126 valence electrons. The third-order valence-electron chi connectivity index (χ3n) is 4.29. The highest BCUT2D eigenvalue weighted by molar-refractivity contribution is 5.94. The lowest BCUT2D eigenvalue weighted by Crippen LogP contribution is -2.31. The number of amides is 1. The van der Waals surface area contributed by atoms with E-state index >= 15 is 0 Å². The minimum absolute atomic E-state index is 0.0853. The molecule has 0 fully saturated rings. The van der Waals surface area contributed by atoms with Crippen LogP contribution in [0.1, 0.15) is 27.9 Å². The fourth-order valence-corrected chi connectivity index (χ4v) is 2.96. The van der Waals surface area contributed by atoms with Gasteiger partial charge < -0.3 is 15.0 Å². The highest BCUT2D eigenvalue weighted by Gasteiger charge is 2.17. The Morgan fingerprint density at radius 1 is 1.29 bits per heavy atom. The average Bonchev–Trinajstić information content (AvgIpc) is 2.65. The van der Waals surface area contributed by atoms with Crippen molar-refractivity contribution < 1.29 is 9.53 Å². The van der Waals surface area contributed by atoms with Gasteiger partial charge in [0, 0.05) is 39.5 Å². The largest absolute Gasteiger partial charge is 0.385 e. The molecule has 0 saturated heterocycles. The number of hydrogen-bond acceptors (Lipinski definition) is 4. The van der Waals surface area contributed by atoms with Crippen molar-refractivity contribution in [1.29, 1.82) is 0 Å². The second-order valence-corrected chi connectivity index (χ2v) is 5.97. The summed E-state index contributed by atoms with van der Waals surface area (Å²) in [7, 11) is 1.66. The van der Waals surface area contributed by atoms with Crippen molar-refractivity contribution in [2.45, 2.75) is 19.4 Å². The van der Waals surface area contributed by atoms with Crippen LogP contribution in [0.25, 0.3) is 0 Å². The maximum Gasteiger partial charge on any atom is 0.252 e. The summed E-state index contributed by atoms with van der Waals surface area (Å²) in [4.78, 5) is 18.8. The fraction of sp³-hybridized carbons (Fsp3) is 0.368. The number of hydrogen-bond donors (Lipinski definition) is 1. The summed E-state index contributed by atoms with van der Waals surface area (Å²) in [5.74, 6) is -0.0853. The van der Waals surface area contributed by atoms with Crippen LogP contribution in [-0.4, -0.2) is 37.7 Å². The fourth-order valence-electron chi connectivity index (χ4n) is 2.96. The van der Waals surface area contributed by atoms with Crippen LogP contribution >= 0.6 is 0 Å². The molecule has 0 bridgehead atoms. The van der Waals surface area contributed by atoms with Gasteiger partial charge in [0.1, 0.15) is 0 Å². The Kier molecular flexibility index (Phi) is 5.43. The second kappa shape index (κ2) is 7.93. The molecule has 1 aliphatic rings. The SMILES string of the molecule is COCCCNC(=O)c1cncc(N2CCc3ccccc3C2)c1. The smallest absolute Gasteiger partial charge is 0.252 e. The van der Waals surface area contributed by atoms with E-state index in [0.717, 1.165) is 31.6 Å². The van der Waals surface area contributed by atoms with Gasteiger partial charge in [-0.2, -0.15) is 0 Å². The van der Waals surface area contributed by atoms with E-state index in [-0.39, 0.29) is 5.91 Å².